The molecule has 4 N–H and O–H groups in total. The molecular formula is C53H78N2. The standard InChI is InChI=1S/C53H78N2/c1-6-9-11-13-15-17-19-21-23-25-52(50-37-35-47(54)39-41(50)4)45-31-27-43(28-32-45)49(8-3)44-29-33-46(34-30-44)53(51-38-36-48(55)40-42(51)5)26-24-22-20-18-16-14-12-10-7-2/h27-40,49,52-53H,6-26,54-55H2,1-5H3. The summed E-state index contributed by atoms with van der Waals surface area (Å²) >= 11 is 0. The molecule has 0 saturated carbocycles. The largest absolute Gasteiger partial charge is 0.399 e. The molecule has 4 aromatic carbocycles. The third-order valence-corrected chi connectivity index (χ3v) is 12.4. The Morgan fingerprint density at radius 2 is 0.655 bits per heavy atom. The third kappa shape index (κ3) is 14.5. The predicted molar refractivity (Wildman–Crippen MR) is 244 cm³/mol. The lowest BCUT2D eigenvalue weighted by atomic mass is 9.81. The molecule has 55 heavy (non-hydrogen) atoms. The van der Waals surface area contributed by atoms with Gasteiger partial charge in [-0.15, -0.1) is 0 Å². The molecule has 4 aromatic rings. The summed E-state index contributed by atoms with van der Waals surface area (Å²) < 4.78 is 0. The number of nitrogen functional groups attached to an aromatic ring is 2. The maximum atomic E-state index is 6.20. The van der Waals surface area contributed by atoms with Crippen LogP contribution < -0.4 is 11.5 Å². The summed E-state index contributed by atoms with van der Waals surface area (Å²) in [7, 11) is 0. The van der Waals surface area contributed by atoms with E-state index in [2.05, 4.69) is 120 Å². The van der Waals surface area contributed by atoms with E-state index >= 15 is 0 Å². The average molecular weight is 743 g/mol. The summed E-state index contributed by atoms with van der Waals surface area (Å²) in [6.45, 7) is 11.4. The summed E-state index contributed by atoms with van der Waals surface area (Å²) in [6.07, 6.45) is 27.9. The summed E-state index contributed by atoms with van der Waals surface area (Å²) in [5.41, 5.74) is 25.3. The smallest absolute Gasteiger partial charge is 0.0316 e. The second-order valence-corrected chi connectivity index (χ2v) is 16.9. The predicted octanol–water partition coefficient (Wildman–Crippen LogP) is 16.1. The zero-order valence-electron chi connectivity index (χ0n) is 35.8. The van der Waals surface area contributed by atoms with Crippen molar-refractivity contribution in [3.63, 3.8) is 0 Å². The molecule has 2 unspecified atom stereocenters. The lowest BCUT2D eigenvalue weighted by molar-refractivity contribution is 0.545. The van der Waals surface area contributed by atoms with Gasteiger partial charge in [-0.1, -0.05) is 197 Å². The number of aryl methyl sites for hydroxylation is 2. The molecule has 0 saturated heterocycles. The number of unbranched alkanes of at least 4 members (excludes halogenated alkanes) is 16. The van der Waals surface area contributed by atoms with Crippen LogP contribution in [0.1, 0.15) is 218 Å². The molecule has 300 valence electrons. The molecule has 0 aliphatic heterocycles. The fourth-order valence-corrected chi connectivity index (χ4v) is 9.09. The van der Waals surface area contributed by atoms with E-state index in [-0.39, 0.29) is 0 Å². The molecule has 2 heteroatoms. The molecule has 0 amide bonds. The number of hydrogen-bond acceptors (Lipinski definition) is 2. The van der Waals surface area contributed by atoms with Gasteiger partial charge >= 0.3 is 0 Å². The van der Waals surface area contributed by atoms with Crippen LogP contribution in [0.2, 0.25) is 0 Å². The highest BCUT2D eigenvalue weighted by Crippen LogP contribution is 2.37. The molecule has 0 aliphatic carbocycles. The molecule has 0 spiro atoms. The monoisotopic (exact) mass is 743 g/mol. The van der Waals surface area contributed by atoms with Crippen LogP contribution in [0.4, 0.5) is 11.4 Å². The maximum absolute atomic E-state index is 6.20. The Kier molecular flexibility index (Phi) is 20.0. The Bertz CT molecular complexity index is 1500. The van der Waals surface area contributed by atoms with Gasteiger partial charge < -0.3 is 11.5 Å². The molecule has 2 atom stereocenters. The van der Waals surface area contributed by atoms with Crippen molar-refractivity contribution in [1.29, 1.82) is 0 Å². The first kappa shape index (κ1) is 44.2. The van der Waals surface area contributed by atoms with E-state index in [1.165, 1.54) is 173 Å². The van der Waals surface area contributed by atoms with Gasteiger partial charge in [-0.25, -0.2) is 0 Å². The fourth-order valence-electron chi connectivity index (χ4n) is 9.09. The van der Waals surface area contributed by atoms with Crippen molar-refractivity contribution in [1.82, 2.24) is 0 Å². The molecule has 0 heterocycles. The minimum Gasteiger partial charge on any atom is -0.399 e. The van der Waals surface area contributed by atoms with Gasteiger partial charge in [-0.2, -0.15) is 0 Å². The van der Waals surface area contributed by atoms with Crippen molar-refractivity contribution in [2.75, 3.05) is 11.5 Å². The van der Waals surface area contributed by atoms with Crippen LogP contribution in [0.3, 0.4) is 0 Å². The molecule has 2 nitrogen and oxygen atoms in total. The van der Waals surface area contributed by atoms with Gasteiger partial charge in [0.1, 0.15) is 0 Å². The van der Waals surface area contributed by atoms with Crippen LogP contribution in [0.15, 0.2) is 84.9 Å². The number of anilines is 2. The van der Waals surface area contributed by atoms with E-state index in [4.69, 9.17) is 11.5 Å². The van der Waals surface area contributed by atoms with Crippen LogP contribution in [0, 0.1) is 13.8 Å². The van der Waals surface area contributed by atoms with Gasteiger partial charge in [0.05, 0.1) is 0 Å². The average Bonchev–Trinajstić information content (AvgIpc) is 3.18. The molecule has 0 aromatic heterocycles. The molecule has 0 aliphatic rings. The Balaban J connectivity index is 1.44. The highest BCUT2D eigenvalue weighted by molar-refractivity contribution is 5.50. The van der Waals surface area contributed by atoms with E-state index in [9.17, 15) is 0 Å². The Hall–Kier alpha value is -3.52. The number of rotatable bonds is 27. The zero-order valence-corrected chi connectivity index (χ0v) is 35.8. The molecular weight excluding hydrogens is 665 g/mol. The van der Waals surface area contributed by atoms with Crippen molar-refractivity contribution >= 4 is 11.4 Å². The van der Waals surface area contributed by atoms with Crippen LogP contribution in [0.25, 0.3) is 0 Å². The van der Waals surface area contributed by atoms with Crippen molar-refractivity contribution in [3.05, 3.63) is 129 Å². The zero-order chi connectivity index (χ0) is 39.3. The first-order valence-electron chi connectivity index (χ1n) is 22.8. The van der Waals surface area contributed by atoms with Crippen molar-refractivity contribution in [2.45, 2.75) is 187 Å². The summed E-state index contributed by atoms with van der Waals surface area (Å²) in [5, 5.41) is 0. The summed E-state index contributed by atoms with van der Waals surface area (Å²) in [4.78, 5) is 0. The van der Waals surface area contributed by atoms with E-state index in [0.29, 0.717) is 17.8 Å². The van der Waals surface area contributed by atoms with E-state index in [0.717, 1.165) is 17.8 Å². The Morgan fingerprint density at radius 3 is 0.945 bits per heavy atom. The first-order chi connectivity index (χ1) is 26.9. The topological polar surface area (TPSA) is 52.0 Å². The molecule has 0 bridgehead atoms. The minimum atomic E-state index is 0.381. The van der Waals surface area contributed by atoms with Gasteiger partial charge in [-0.3, -0.25) is 0 Å². The molecule has 0 radical (unpaired) electrons. The third-order valence-electron chi connectivity index (χ3n) is 12.4. The SMILES string of the molecule is CCCCCCCCCCCC(c1ccc(C(CC)c2ccc(C(CCCCCCCCCCC)c3ccc(N)cc3C)cc2)cc1)c1ccc(N)cc1C. The number of nitrogens with two attached hydrogens (primary N) is 2. The maximum Gasteiger partial charge on any atom is 0.0316 e. The minimum absolute atomic E-state index is 0.381. The van der Waals surface area contributed by atoms with Gasteiger partial charge in [-0.05, 0) is 102 Å². The van der Waals surface area contributed by atoms with Crippen LogP contribution in [-0.2, 0) is 0 Å². The van der Waals surface area contributed by atoms with E-state index in [1.54, 1.807) is 0 Å². The van der Waals surface area contributed by atoms with Crippen molar-refractivity contribution in [2.24, 2.45) is 0 Å². The number of benzene rings is 4. The number of hydrogen-bond donors (Lipinski definition) is 2. The van der Waals surface area contributed by atoms with E-state index in [1.807, 2.05) is 0 Å². The van der Waals surface area contributed by atoms with Gasteiger partial charge in [0.2, 0.25) is 0 Å². The Morgan fingerprint density at radius 1 is 0.364 bits per heavy atom. The highest BCUT2D eigenvalue weighted by Gasteiger charge is 2.20. The Labute approximate surface area is 338 Å². The second kappa shape index (κ2) is 24.9. The summed E-state index contributed by atoms with van der Waals surface area (Å²) in [5.74, 6) is 1.18. The molecule has 0 fully saturated rings. The normalized spacial score (nSPS) is 13.2. The molecule has 4 rings (SSSR count). The van der Waals surface area contributed by atoms with Gasteiger partial charge in [0.15, 0.2) is 0 Å². The van der Waals surface area contributed by atoms with Crippen LogP contribution in [-0.4, -0.2) is 0 Å². The quantitative estimate of drug-likeness (QED) is 0.0472. The van der Waals surface area contributed by atoms with Gasteiger partial charge in [0, 0.05) is 29.1 Å². The first-order valence-corrected chi connectivity index (χ1v) is 22.8. The van der Waals surface area contributed by atoms with Crippen molar-refractivity contribution < 1.29 is 0 Å². The van der Waals surface area contributed by atoms with Crippen LogP contribution in [0.5, 0.6) is 0 Å². The lowest BCUT2D eigenvalue weighted by Gasteiger charge is -2.23. The summed E-state index contributed by atoms with van der Waals surface area (Å²) in [6, 6.07) is 32.4. The van der Waals surface area contributed by atoms with E-state index < -0.39 is 0 Å². The fraction of sp³-hybridized carbons (Fsp3) is 0.547. The highest BCUT2D eigenvalue weighted by atomic mass is 14.5. The second-order valence-electron chi connectivity index (χ2n) is 16.9. The van der Waals surface area contributed by atoms with Crippen LogP contribution >= 0.6 is 0 Å². The van der Waals surface area contributed by atoms with Gasteiger partial charge in [0.25, 0.3) is 0 Å². The lowest BCUT2D eigenvalue weighted by Crippen LogP contribution is -2.07. The van der Waals surface area contributed by atoms with Crippen molar-refractivity contribution in [3.8, 4) is 0 Å².